The van der Waals surface area contributed by atoms with E-state index >= 15 is 0 Å². The average Bonchev–Trinajstić information content (AvgIpc) is 2.90. The Balaban J connectivity index is 7.28. The first-order valence-corrected chi connectivity index (χ1v) is 20.8. The Hall–Kier alpha value is -0.437. The van der Waals surface area contributed by atoms with E-state index in [4.69, 9.17) is 0 Å². The fraction of sp³-hybridized carbons (Fsp3) is 0.875. The van der Waals surface area contributed by atoms with Gasteiger partial charge >= 0.3 is 235 Å². The van der Waals surface area contributed by atoms with Crippen molar-refractivity contribution in [1.82, 2.24) is 0 Å². The Morgan fingerprint density at radius 2 is 0.595 bits per heavy atom. The standard InChI is InChI=1S/4C8H15O.Zr/c4*1-3-5-6-8(4-2)7-9;/h4*8H,3-6H2,1-2H3;. The van der Waals surface area contributed by atoms with E-state index in [9.17, 15) is 19.2 Å². The third-order valence-electron chi connectivity index (χ3n) is 8.56. The quantitative estimate of drug-likeness (QED) is 0.111. The van der Waals surface area contributed by atoms with Gasteiger partial charge in [0.15, 0.2) is 0 Å². The minimum absolute atomic E-state index is 0.162. The van der Waals surface area contributed by atoms with Gasteiger partial charge in [0.2, 0.25) is 0 Å². The molecule has 4 nitrogen and oxygen atoms in total. The molecule has 0 rings (SSSR count). The van der Waals surface area contributed by atoms with Crippen LogP contribution in [0.1, 0.15) is 158 Å². The van der Waals surface area contributed by atoms with E-state index in [2.05, 4.69) is 27.7 Å². The Morgan fingerprint density at radius 3 is 0.730 bits per heavy atom. The van der Waals surface area contributed by atoms with Crippen molar-refractivity contribution in [3.05, 3.63) is 0 Å². The molecule has 0 N–H and O–H groups in total. The zero-order valence-corrected chi connectivity index (χ0v) is 28.2. The Bertz CT molecular complexity index is 569. The second-order valence-corrected chi connectivity index (χ2v) is 19.7. The molecule has 0 spiro atoms. The molecule has 0 heterocycles. The van der Waals surface area contributed by atoms with Crippen molar-refractivity contribution in [2.24, 2.45) is 23.7 Å². The van der Waals surface area contributed by atoms with Crippen LogP contribution in [-0.4, -0.2) is 14.0 Å². The molecule has 0 aliphatic carbocycles. The summed E-state index contributed by atoms with van der Waals surface area (Å²) >= 11 is -5.41. The molecule has 0 bridgehead atoms. The van der Waals surface area contributed by atoms with Gasteiger partial charge in [-0.05, 0) is 0 Å². The average molecular weight is 600 g/mol. The van der Waals surface area contributed by atoms with Crippen molar-refractivity contribution in [2.75, 3.05) is 0 Å². The molecule has 0 radical (unpaired) electrons. The summed E-state index contributed by atoms with van der Waals surface area (Å²) in [6.07, 6.45) is 12.5. The van der Waals surface area contributed by atoms with E-state index in [1.165, 1.54) is 0 Å². The summed E-state index contributed by atoms with van der Waals surface area (Å²) in [6, 6.07) is 0. The first-order chi connectivity index (χ1) is 17.7. The van der Waals surface area contributed by atoms with Gasteiger partial charge in [0, 0.05) is 0 Å². The Labute approximate surface area is 234 Å². The molecule has 0 aromatic rings. The number of carbonyl (C=O) groups is 4. The third kappa shape index (κ3) is 9.92. The van der Waals surface area contributed by atoms with E-state index in [0.29, 0.717) is 51.4 Å². The van der Waals surface area contributed by atoms with E-state index in [-0.39, 0.29) is 37.6 Å². The Morgan fingerprint density at radius 1 is 0.405 bits per heavy atom. The predicted molar refractivity (Wildman–Crippen MR) is 153 cm³/mol. The first-order valence-electron chi connectivity index (χ1n) is 15.9. The predicted octanol–water partition coefficient (Wildman–Crippen LogP) is 9.11. The van der Waals surface area contributed by atoms with Crippen LogP contribution in [0.2, 0.25) is 0 Å². The SMILES string of the molecule is CCCCC(CC)[C](=O)[Zr]([C](=O)C(CC)CCCC)([C](=O)C(CC)CCCC)[C](=O)C(CC)CCCC. The molecule has 37 heavy (non-hydrogen) atoms. The van der Waals surface area contributed by atoms with Crippen LogP contribution in [0.15, 0.2) is 0 Å². The molecule has 216 valence electrons. The van der Waals surface area contributed by atoms with Crippen LogP contribution in [0.3, 0.4) is 0 Å². The fourth-order valence-corrected chi connectivity index (χ4v) is 18.9. The van der Waals surface area contributed by atoms with Gasteiger partial charge in [0.25, 0.3) is 0 Å². The molecule has 0 saturated carbocycles. The summed E-state index contributed by atoms with van der Waals surface area (Å²) in [5.74, 6) is -1.38. The van der Waals surface area contributed by atoms with Crippen LogP contribution in [0.25, 0.3) is 0 Å². The molecule has 0 aromatic carbocycles. The van der Waals surface area contributed by atoms with Crippen LogP contribution in [0.5, 0.6) is 0 Å². The molecule has 0 fully saturated rings. The van der Waals surface area contributed by atoms with Gasteiger partial charge in [-0.2, -0.15) is 0 Å². The molecule has 0 amide bonds. The monoisotopic (exact) mass is 598 g/mol. The van der Waals surface area contributed by atoms with Crippen LogP contribution in [0, 0.1) is 23.7 Å². The van der Waals surface area contributed by atoms with Gasteiger partial charge in [0.1, 0.15) is 0 Å². The maximum absolute atomic E-state index is 14.7. The van der Waals surface area contributed by atoms with Crippen LogP contribution in [-0.2, 0) is 39.4 Å². The summed E-state index contributed by atoms with van der Waals surface area (Å²) < 4.78 is -0.648. The van der Waals surface area contributed by atoms with E-state index < -0.39 is 20.3 Å². The maximum atomic E-state index is 14.7. The number of hydrogen-bond donors (Lipinski definition) is 0. The fourth-order valence-electron chi connectivity index (χ4n) is 5.84. The number of unbranched alkanes of at least 4 members (excludes halogenated alkanes) is 4. The van der Waals surface area contributed by atoms with Gasteiger partial charge in [-0.25, -0.2) is 0 Å². The van der Waals surface area contributed by atoms with Crippen molar-refractivity contribution >= 4 is 14.0 Å². The molecule has 4 unspecified atom stereocenters. The van der Waals surface area contributed by atoms with Gasteiger partial charge in [-0.3, -0.25) is 0 Å². The summed E-state index contributed by atoms with van der Waals surface area (Å²) in [5.41, 5.74) is 0. The Kier molecular flexibility index (Phi) is 20.2. The van der Waals surface area contributed by atoms with Crippen LogP contribution in [0.4, 0.5) is 0 Å². The van der Waals surface area contributed by atoms with Gasteiger partial charge in [0.05, 0.1) is 0 Å². The van der Waals surface area contributed by atoms with E-state index in [1.807, 2.05) is 27.7 Å². The zero-order chi connectivity index (χ0) is 28.4. The van der Waals surface area contributed by atoms with E-state index in [0.717, 1.165) is 51.4 Å². The summed E-state index contributed by atoms with van der Waals surface area (Å²) in [5, 5.41) is 0. The molecule has 0 aliphatic heterocycles. The van der Waals surface area contributed by atoms with Crippen molar-refractivity contribution in [3.8, 4) is 0 Å². The second-order valence-electron chi connectivity index (χ2n) is 11.2. The minimum atomic E-state index is -5.41. The molecule has 5 heteroatoms. The molecule has 0 aromatic heterocycles. The number of hydrogen-bond acceptors (Lipinski definition) is 4. The number of rotatable bonds is 24. The normalized spacial score (nSPS) is 16.4. The zero-order valence-electron chi connectivity index (χ0n) is 25.8. The summed E-state index contributed by atoms with van der Waals surface area (Å²) in [7, 11) is 0. The van der Waals surface area contributed by atoms with Crippen molar-refractivity contribution in [1.29, 1.82) is 0 Å². The molecule has 0 aliphatic rings. The summed E-state index contributed by atoms with van der Waals surface area (Å²) in [6.45, 7) is 16.4. The molecule has 0 saturated heterocycles. The van der Waals surface area contributed by atoms with Crippen molar-refractivity contribution in [2.45, 2.75) is 158 Å². The van der Waals surface area contributed by atoms with Crippen LogP contribution < -0.4 is 0 Å². The van der Waals surface area contributed by atoms with Gasteiger partial charge in [-0.15, -0.1) is 0 Å². The molecule has 4 atom stereocenters. The second kappa shape index (κ2) is 20.5. The van der Waals surface area contributed by atoms with Crippen molar-refractivity contribution in [3.63, 3.8) is 0 Å². The first kappa shape index (κ1) is 36.6. The third-order valence-corrected chi connectivity index (χ3v) is 19.8. The van der Waals surface area contributed by atoms with Crippen LogP contribution >= 0.6 is 0 Å². The molecular formula is C32H60O4Zr. The van der Waals surface area contributed by atoms with Gasteiger partial charge in [-0.1, -0.05) is 0 Å². The van der Waals surface area contributed by atoms with E-state index in [1.54, 1.807) is 0 Å². The topological polar surface area (TPSA) is 68.3 Å². The molecular weight excluding hydrogens is 540 g/mol. The van der Waals surface area contributed by atoms with Gasteiger partial charge < -0.3 is 0 Å². The summed E-state index contributed by atoms with van der Waals surface area (Å²) in [4.78, 5) is 59.0. The number of carbonyl (C=O) groups excluding carboxylic acids is 4. The van der Waals surface area contributed by atoms with Crippen molar-refractivity contribution < 1.29 is 39.4 Å².